The number of allylic oxidation sites excluding steroid dienone is 1. The summed E-state index contributed by atoms with van der Waals surface area (Å²) in [5.41, 5.74) is 15.9. The number of methoxy groups -OCH3 is 1. The van der Waals surface area contributed by atoms with Crippen LogP contribution in [0.5, 0.6) is 11.5 Å². The first-order chi connectivity index (χ1) is 12.3. The summed E-state index contributed by atoms with van der Waals surface area (Å²) in [7, 11) is 1.59. The summed E-state index contributed by atoms with van der Waals surface area (Å²) in [5, 5.41) is 11.2. The molecule has 6 nitrogen and oxygen atoms in total. The number of hydrogen-bond acceptors (Lipinski definition) is 6. The normalized spacial score (nSPS) is 12.2. The Balaban J connectivity index is 0.00000301. The van der Waals surface area contributed by atoms with Crippen molar-refractivity contribution in [3.8, 4) is 11.5 Å². The van der Waals surface area contributed by atoms with Gasteiger partial charge in [0.25, 0.3) is 0 Å². The lowest BCUT2D eigenvalue weighted by molar-refractivity contribution is 0.320. The van der Waals surface area contributed by atoms with Gasteiger partial charge in [-0.05, 0) is 60.7 Å². The average Bonchev–Trinajstić information content (AvgIpc) is 2.63. The summed E-state index contributed by atoms with van der Waals surface area (Å²) in [6.45, 7) is 9.71. The van der Waals surface area contributed by atoms with Crippen molar-refractivity contribution in [3.05, 3.63) is 40.7 Å². The first-order valence-electron chi connectivity index (χ1n) is 8.21. The van der Waals surface area contributed by atoms with E-state index in [1.165, 1.54) is 6.20 Å². The van der Waals surface area contributed by atoms with Gasteiger partial charge in [0.2, 0.25) is 0 Å². The van der Waals surface area contributed by atoms with E-state index in [2.05, 4.69) is 27.1 Å². The van der Waals surface area contributed by atoms with Crippen molar-refractivity contribution in [1.29, 1.82) is 5.41 Å². The molecule has 0 heterocycles. The number of nitrogens with two attached hydrogens (primary N) is 2. The first kappa shape index (κ1) is 24.5. The Morgan fingerprint density at radius 2 is 1.88 bits per heavy atom. The molecule has 146 valence electrons. The molecule has 6 N–H and O–H groups in total. The Hall–Kier alpha value is -1.47. The number of nitrogens with one attached hydrogen (secondary N) is 2. The smallest absolute Gasteiger partial charge is 0.162 e. The number of hydrogen-bond donors (Lipinski definition) is 4. The minimum atomic E-state index is 0.273. The molecule has 26 heavy (non-hydrogen) atoms. The van der Waals surface area contributed by atoms with Crippen molar-refractivity contribution in [2.75, 3.05) is 18.8 Å². The zero-order valence-electron chi connectivity index (χ0n) is 16.3. The Bertz CT molecular complexity index is 671. The van der Waals surface area contributed by atoms with E-state index < -0.39 is 0 Å². The van der Waals surface area contributed by atoms with Crippen LogP contribution < -0.4 is 26.0 Å². The molecule has 1 atom stereocenters. The predicted molar refractivity (Wildman–Crippen MR) is 123 cm³/mol. The van der Waals surface area contributed by atoms with Crippen LogP contribution in [0.25, 0.3) is 0 Å². The van der Waals surface area contributed by atoms with E-state index in [1.807, 2.05) is 39.8 Å². The molecule has 0 amide bonds. The van der Waals surface area contributed by atoms with Gasteiger partial charge in [0.05, 0.1) is 12.8 Å². The summed E-state index contributed by atoms with van der Waals surface area (Å²) in [6.07, 6.45) is 2.00. The van der Waals surface area contributed by atoms with Crippen LogP contribution in [0, 0.1) is 5.41 Å². The number of ether oxygens (including phenoxy) is 2. The van der Waals surface area contributed by atoms with Gasteiger partial charge in [-0.25, -0.2) is 0 Å². The maximum Gasteiger partial charge on any atom is 0.162 e. The van der Waals surface area contributed by atoms with Gasteiger partial charge in [0.1, 0.15) is 6.61 Å². The van der Waals surface area contributed by atoms with Gasteiger partial charge in [-0.15, -0.1) is 0 Å². The molecular weight excluding hydrogens is 462 g/mol. The van der Waals surface area contributed by atoms with E-state index in [4.69, 9.17) is 26.4 Å². The largest absolute Gasteiger partial charge is 0.493 e. The SMILES string of the molecule is CC.COc1cc(NPI)c(C(C)=N)cc1OCC(/C(C)=C\N)=C(\C)N. The van der Waals surface area contributed by atoms with Crippen LogP contribution in [0.1, 0.15) is 40.2 Å². The molecule has 0 aromatic heterocycles. The van der Waals surface area contributed by atoms with Gasteiger partial charge < -0.3 is 31.4 Å². The van der Waals surface area contributed by atoms with Gasteiger partial charge in [-0.2, -0.15) is 0 Å². The average molecular weight is 492 g/mol. The highest BCUT2D eigenvalue weighted by atomic mass is 127. The maximum atomic E-state index is 7.97. The van der Waals surface area contributed by atoms with Crippen LogP contribution in [0.15, 0.2) is 35.2 Å². The molecule has 0 bridgehead atoms. The summed E-state index contributed by atoms with van der Waals surface area (Å²) in [5.74, 6) is 1.16. The molecule has 0 fully saturated rings. The second kappa shape index (κ2) is 12.8. The van der Waals surface area contributed by atoms with Crippen LogP contribution in [-0.2, 0) is 0 Å². The van der Waals surface area contributed by atoms with Crippen LogP contribution in [-0.4, -0.2) is 19.4 Å². The summed E-state index contributed by atoms with van der Waals surface area (Å²) >= 11 is 2.24. The standard InChI is InChI=1S/C16H24IN4O2P.C2H6/c1-9(7-18)13(11(3)20)8-23-16-5-12(10(2)19)14(21-24-17)6-15(16)22-4;1-2/h5-7,19,21,24H,8,18,20H2,1-4H3;1-2H3/b9-7-,13-11-,19-10?;. The Morgan fingerprint density at radius 1 is 1.27 bits per heavy atom. The number of halogens is 1. The molecule has 0 aliphatic carbocycles. The summed E-state index contributed by atoms with van der Waals surface area (Å²) in [6, 6.07) is 3.66. The highest BCUT2D eigenvalue weighted by Crippen LogP contribution is 2.37. The second-order valence-electron chi connectivity index (χ2n) is 5.19. The van der Waals surface area contributed by atoms with Crippen molar-refractivity contribution in [2.45, 2.75) is 34.6 Å². The van der Waals surface area contributed by atoms with Crippen molar-refractivity contribution in [3.63, 3.8) is 0 Å². The highest BCUT2D eigenvalue weighted by molar-refractivity contribution is 14.2. The molecule has 1 aromatic carbocycles. The van der Waals surface area contributed by atoms with Crippen LogP contribution >= 0.6 is 28.4 Å². The molecule has 8 heteroatoms. The fourth-order valence-electron chi connectivity index (χ4n) is 2.09. The van der Waals surface area contributed by atoms with Gasteiger partial charge in [-0.3, -0.25) is 0 Å². The first-order valence-corrected chi connectivity index (χ1v) is 12.3. The monoisotopic (exact) mass is 492 g/mol. The molecule has 0 spiro atoms. The summed E-state index contributed by atoms with van der Waals surface area (Å²) < 4.78 is 11.3. The molecule has 0 aliphatic heterocycles. The minimum absolute atomic E-state index is 0.273. The minimum Gasteiger partial charge on any atom is -0.493 e. The van der Waals surface area contributed by atoms with Gasteiger partial charge in [0, 0.05) is 35.0 Å². The van der Waals surface area contributed by atoms with Crippen molar-refractivity contribution < 1.29 is 9.47 Å². The number of benzene rings is 1. The van der Waals surface area contributed by atoms with Crippen molar-refractivity contribution in [2.24, 2.45) is 11.5 Å². The van der Waals surface area contributed by atoms with E-state index in [-0.39, 0.29) is 6.61 Å². The lowest BCUT2D eigenvalue weighted by atomic mass is 10.1. The number of rotatable bonds is 8. The van der Waals surface area contributed by atoms with Gasteiger partial charge >= 0.3 is 0 Å². The molecule has 0 saturated heterocycles. The molecule has 0 aliphatic rings. The Morgan fingerprint density at radius 3 is 2.31 bits per heavy atom. The molecule has 0 saturated carbocycles. The molecule has 1 rings (SSSR count). The molecule has 1 aromatic rings. The van der Waals surface area contributed by atoms with E-state index in [0.717, 1.165) is 22.4 Å². The lowest BCUT2D eigenvalue weighted by Crippen LogP contribution is -2.11. The lowest BCUT2D eigenvalue weighted by Gasteiger charge is -2.17. The fraction of sp³-hybridized carbons (Fsp3) is 0.389. The van der Waals surface area contributed by atoms with E-state index in [9.17, 15) is 0 Å². The predicted octanol–water partition coefficient (Wildman–Crippen LogP) is 4.94. The third kappa shape index (κ3) is 7.03. The Labute approximate surface area is 171 Å². The van der Waals surface area contributed by atoms with Crippen molar-refractivity contribution >= 4 is 39.8 Å². The quantitative estimate of drug-likeness (QED) is 0.178. The molecule has 1 unspecified atom stereocenters. The third-order valence-electron chi connectivity index (χ3n) is 3.46. The zero-order chi connectivity index (χ0) is 20.3. The molecule has 0 radical (unpaired) electrons. The van der Waals surface area contributed by atoms with Gasteiger partial charge in [-0.1, -0.05) is 13.8 Å². The molecular formula is C18H30IN4O2P. The van der Waals surface area contributed by atoms with Crippen LogP contribution in [0.3, 0.4) is 0 Å². The zero-order valence-corrected chi connectivity index (χ0v) is 19.4. The Kier molecular flexibility index (Phi) is 12.1. The highest BCUT2D eigenvalue weighted by Gasteiger charge is 2.14. The number of anilines is 1. The van der Waals surface area contributed by atoms with Crippen molar-refractivity contribution in [1.82, 2.24) is 0 Å². The van der Waals surface area contributed by atoms with Crippen LogP contribution in [0.4, 0.5) is 5.69 Å². The second-order valence-corrected chi connectivity index (χ2v) is 7.25. The van der Waals surface area contributed by atoms with Crippen LogP contribution in [0.2, 0.25) is 0 Å². The van der Waals surface area contributed by atoms with E-state index in [0.29, 0.717) is 29.3 Å². The fourth-order valence-corrected chi connectivity index (χ4v) is 3.27. The van der Waals surface area contributed by atoms with E-state index in [1.54, 1.807) is 14.0 Å². The van der Waals surface area contributed by atoms with E-state index >= 15 is 0 Å². The summed E-state index contributed by atoms with van der Waals surface area (Å²) in [4.78, 5) is 0. The van der Waals surface area contributed by atoms with Gasteiger partial charge in [0.15, 0.2) is 11.5 Å². The maximum absolute atomic E-state index is 7.97. The third-order valence-corrected chi connectivity index (χ3v) is 4.64. The topological polar surface area (TPSA) is 106 Å².